The lowest BCUT2D eigenvalue weighted by atomic mass is 10.1. The zero-order valence-electron chi connectivity index (χ0n) is 15.7. The van der Waals surface area contributed by atoms with Crippen LogP contribution in [-0.4, -0.2) is 46.6 Å². The molecule has 0 spiro atoms. The SMILES string of the molecule is CCCN(C(=O)CCc1nc(-c2ccc(C)c(F)c2)no1)C1CCNC1.Cl. The molecule has 1 atom stereocenters. The standard InChI is InChI=1S/C19H25FN4O2.ClH/c1-3-10-24(15-8-9-21-12-15)18(25)7-6-17-22-19(23-26-17)14-5-4-13(2)16(20)11-14;/h4-5,11,15,21H,3,6-10,12H2,1-2H3;1H. The van der Waals surface area contributed by atoms with Crippen molar-refractivity contribution in [2.45, 2.75) is 45.6 Å². The summed E-state index contributed by atoms with van der Waals surface area (Å²) in [6.07, 6.45) is 2.66. The van der Waals surface area contributed by atoms with Gasteiger partial charge in [-0.2, -0.15) is 4.98 Å². The van der Waals surface area contributed by atoms with Gasteiger partial charge in [-0.15, -0.1) is 12.4 Å². The van der Waals surface area contributed by atoms with Gasteiger partial charge in [0.15, 0.2) is 0 Å². The molecule has 0 bridgehead atoms. The van der Waals surface area contributed by atoms with Crippen LogP contribution in [0.4, 0.5) is 4.39 Å². The van der Waals surface area contributed by atoms with Crippen LogP contribution in [0, 0.1) is 12.7 Å². The average molecular weight is 397 g/mol. The largest absolute Gasteiger partial charge is 0.339 e. The predicted octanol–water partition coefficient (Wildman–Crippen LogP) is 3.14. The van der Waals surface area contributed by atoms with Gasteiger partial charge in [0, 0.05) is 37.5 Å². The van der Waals surface area contributed by atoms with Gasteiger partial charge in [-0.05, 0) is 37.9 Å². The molecule has 27 heavy (non-hydrogen) atoms. The van der Waals surface area contributed by atoms with E-state index in [9.17, 15) is 9.18 Å². The summed E-state index contributed by atoms with van der Waals surface area (Å²) >= 11 is 0. The molecular weight excluding hydrogens is 371 g/mol. The van der Waals surface area contributed by atoms with Crippen molar-refractivity contribution >= 4 is 18.3 Å². The quantitative estimate of drug-likeness (QED) is 0.778. The number of halogens is 2. The van der Waals surface area contributed by atoms with Crippen LogP contribution in [0.5, 0.6) is 0 Å². The molecule has 2 heterocycles. The van der Waals surface area contributed by atoms with Gasteiger partial charge in [0.05, 0.1) is 0 Å². The molecule has 1 amide bonds. The van der Waals surface area contributed by atoms with Gasteiger partial charge < -0.3 is 14.7 Å². The lowest BCUT2D eigenvalue weighted by Gasteiger charge is -2.28. The van der Waals surface area contributed by atoms with E-state index in [0.717, 1.165) is 32.5 Å². The Morgan fingerprint density at radius 3 is 2.93 bits per heavy atom. The number of nitrogens with zero attached hydrogens (tertiary/aromatic N) is 3. The van der Waals surface area contributed by atoms with Gasteiger partial charge >= 0.3 is 0 Å². The highest BCUT2D eigenvalue weighted by molar-refractivity contribution is 5.85. The van der Waals surface area contributed by atoms with Crippen LogP contribution in [0.25, 0.3) is 11.4 Å². The number of benzene rings is 1. The maximum absolute atomic E-state index is 13.7. The Labute approximate surface area is 164 Å². The van der Waals surface area contributed by atoms with Crippen LogP contribution >= 0.6 is 12.4 Å². The van der Waals surface area contributed by atoms with Crippen LogP contribution in [0.1, 0.15) is 37.6 Å². The summed E-state index contributed by atoms with van der Waals surface area (Å²) in [6, 6.07) is 5.11. The highest BCUT2D eigenvalue weighted by Gasteiger charge is 2.26. The third-order valence-corrected chi connectivity index (χ3v) is 4.71. The molecule has 2 aromatic rings. The van der Waals surface area contributed by atoms with Crippen LogP contribution in [0.15, 0.2) is 22.7 Å². The van der Waals surface area contributed by atoms with Crippen molar-refractivity contribution in [3.8, 4) is 11.4 Å². The summed E-state index contributed by atoms with van der Waals surface area (Å²) in [5, 5.41) is 7.21. The van der Waals surface area contributed by atoms with Gasteiger partial charge in [0.1, 0.15) is 5.82 Å². The molecule has 1 aromatic heterocycles. The van der Waals surface area contributed by atoms with E-state index in [-0.39, 0.29) is 30.2 Å². The van der Waals surface area contributed by atoms with E-state index in [0.29, 0.717) is 35.7 Å². The Balaban J connectivity index is 0.00000261. The zero-order chi connectivity index (χ0) is 18.5. The molecule has 1 aliphatic rings. The van der Waals surface area contributed by atoms with E-state index in [4.69, 9.17) is 4.52 Å². The number of amides is 1. The molecule has 148 valence electrons. The third kappa shape index (κ3) is 5.26. The van der Waals surface area contributed by atoms with Crippen LogP contribution in [0.2, 0.25) is 0 Å². The molecule has 3 rings (SSSR count). The van der Waals surface area contributed by atoms with Gasteiger partial charge in [-0.25, -0.2) is 4.39 Å². The van der Waals surface area contributed by atoms with E-state index in [1.165, 1.54) is 6.07 Å². The Morgan fingerprint density at radius 1 is 1.44 bits per heavy atom. The van der Waals surface area contributed by atoms with E-state index in [1.807, 2.05) is 4.90 Å². The van der Waals surface area contributed by atoms with Crippen LogP contribution in [-0.2, 0) is 11.2 Å². The maximum atomic E-state index is 13.7. The molecule has 1 N–H and O–H groups in total. The Kier molecular flexibility index (Phi) is 7.74. The van der Waals surface area contributed by atoms with E-state index in [2.05, 4.69) is 22.4 Å². The zero-order valence-corrected chi connectivity index (χ0v) is 16.5. The minimum atomic E-state index is -0.301. The van der Waals surface area contributed by atoms with Crippen molar-refractivity contribution in [1.29, 1.82) is 0 Å². The summed E-state index contributed by atoms with van der Waals surface area (Å²) < 4.78 is 18.9. The second-order valence-electron chi connectivity index (χ2n) is 6.71. The monoisotopic (exact) mass is 396 g/mol. The van der Waals surface area contributed by atoms with E-state index in [1.54, 1.807) is 19.1 Å². The molecular formula is C19H26ClFN4O2. The molecule has 6 nitrogen and oxygen atoms in total. The summed E-state index contributed by atoms with van der Waals surface area (Å²) in [5.74, 6) is 0.554. The molecule has 0 radical (unpaired) electrons. The van der Waals surface area contributed by atoms with Crippen LogP contribution in [0.3, 0.4) is 0 Å². The second kappa shape index (κ2) is 9.80. The summed E-state index contributed by atoms with van der Waals surface area (Å²) in [4.78, 5) is 18.9. The maximum Gasteiger partial charge on any atom is 0.227 e. The first-order valence-corrected chi connectivity index (χ1v) is 9.17. The molecule has 1 aliphatic heterocycles. The number of carbonyl (C=O) groups is 1. The summed E-state index contributed by atoms with van der Waals surface area (Å²) in [7, 11) is 0. The van der Waals surface area contributed by atoms with Crippen molar-refractivity contribution in [2.24, 2.45) is 0 Å². The number of nitrogens with one attached hydrogen (secondary N) is 1. The van der Waals surface area contributed by atoms with Gasteiger partial charge in [-0.3, -0.25) is 4.79 Å². The fourth-order valence-corrected chi connectivity index (χ4v) is 3.22. The summed E-state index contributed by atoms with van der Waals surface area (Å²) in [5.41, 5.74) is 1.14. The second-order valence-corrected chi connectivity index (χ2v) is 6.71. The highest BCUT2D eigenvalue weighted by atomic mass is 35.5. The van der Waals surface area contributed by atoms with Crippen molar-refractivity contribution < 1.29 is 13.7 Å². The lowest BCUT2D eigenvalue weighted by Crippen LogP contribution is -2.42. The molecule has 1 unspecified atom stereocenters. The van der Waals surface area contributed by atoms with E-state index < -0.39 is 0 Å². The minimum absolute atomic E-state index is 0. The molecule has 0 saturated carbocycles. The Bertz CT molecular complexity index is 762. The number of aryl methyl sites for hydroxylation is 2. The van der Waals surface area contributed by atoms with Crippen molar-refractivity contribution in [1.82, 2.24) is 20.4 Å². The first kappa shape index (κ1) is 21.3. The molecule has 0 aliphatic carbocycles. The molecule has 1 fully saturated rings. The number of rotatable bonds is 7. The Hall–Kier alpha value is -1.99. The lowest BCUT2D eigenvalue weighted by molar-refractivity contribution is -0.133. The third-order valence-electron chi connectivity index (χ3n) is 4.71. The predicted molar refractivity (Wildman–Crippen MR) is 103 cm³/mol. The van der Waals surface area contributed by atoms with E-state index >= 15 is 0 Å². The topological polar surface area (TPSA) is 71.3 Å². The number of hydrogen-bond donors (Lipinski definition) is 1. The average Bonchev–Trinajstić information content (AvgIpc) is 3.32. The molecule has 8 heteroatoms. The Morgan fingerprint density at radius 2 is 2.26 bits per heavy atom. The fourth-order valence-electron chi connectivity index (χ4n) is 3.22. The minimum Gasteiger partial charge on any atom is -0.339 e. The van der Waals surface area contributed by atoms with Gasteiger partial charge in [-0.1, -0.05) is 24.2 Å². The first-order valence-electron chi connectivity index (χ1n) is 9.17. The number of hydrogen-bond acceptors (Lipinski definition) is 5. The summed E-state index contributed by atoms with van der Waals surface area (Å²) in [6.45, 7) is 6.36. The number of carbonyl (C=O) groups excluding carboxylic acids is 1. The number of aromatic nitrogens is 2. The first-order chi connectivity index (χ1) is 12.6. The van der Waals surface area contributed by atoms with Crippen molar-refractivity contribution in [2.75, 3.05) is 19.6 Å². The normalized spacial score (nSPS) is 16.2. The smallest absolute Gasteiger partial charge is 0.227 e. The molecule has 1 saturated heterocycles. The van der Waals surface area contributed by atoms with Gasteiger partial charge in [0.25, 0.3) is 0 Å². The molecule has 1 aromatic carbocycles. The highest BCUT2D eigenvalue weighted by Crippen LogP contribution is 2.20. The van der Waals surface area contributed by atoms with Crippen molar-refractivity contribution in [3.05, 3.63) is 35.5 Å². The van der Waals surface area contributed by atoms with Gasteiger partial charge in [0.2, 0.25) is 17.6 Å². The van der Waals surface area contributed by atoms with Crippen molar-refractivity contribution in [3.63, 3.8) is 0 Å². The van der Waals surface area contributed by atoms with Crippen LogP contribution < -0.4 is 5.32 Å². The fraction of sp³-hybridized carbons (Fsp3) is 0.526.